The minimum Gasteiger partial charge on any atom is -0.383 e. The molecule has 3 N–H and O–H groups in total. The molecule has 1 heterocycles. The van der Waals surface area contributed by atoms with Crippen LogP contribution in [0.1, 0.15) is 41.7 Å². The fraction of sp³-hybridized carbons (Fsp3) is 0.667. The lowest BCUT2D eigenvalue weighted by atomic mass is 10.1. The number of nitrogens with one attached hydrogen (secondary N) is 1. The molecule has 19 heavy (non-hydrogen) atoms. The largest absolute Gasteiger partial charge is 0.383 e. The van der Waals surface area contributed by atoms with Crippen LogP contribution in [0.5, 0.6) is 0 Å². The number of nitrogens with two attached hydrogens (primary N) is 1. The quantitative estimate of drug-likeness (QED) is 0.769. The van der Waals surface area contributed by atoms with Gasteiger partial charge in [-0.1, -0.05) is 19.8 Å². The Bertz CT molecular complexity index is 374. The average Bonchev–Trinajstić information content (AvgIpc) is 2.85. The number of ether oxygens (including phenoxy) is 1. The lowest BCUT2D eigenvalue weighted by Crippen LogP contribution is -2.38. The lowest BCUT2D eigenvalue weighted by molar-refractivity contribution is 0.0886. The summed E-state index contributed by atoms with van der Waals surface area (Å²) in [4.78, 5) is 16.1. The second-order valence-corrected chi connectivity index (χ2v) is 5.04. The van der Waals surface area contributed by atoms with Crippen LogP contribution in [0.3, 0.4) is 0 Å². The number of halogens is 1. The first kappa shape index (κ1) is 18.3. The molecule has 1 rings (SSSR count). The maximum atomic E-state index is 12.0. The molecule has 0 fully saturated rings. The Hall–Kier alpha value is -0.690. The molecule has 1 unspecified atom stereocenters. The number of nitrogens with zero attached hydrogens (tertiary/aromatic N) is 1. The Labute approximate surface area is 124 Å². The van der Waals surface area contributed by atoms with Crippen molar-refractivity contribution in [3.05, 3.63) is 16.1 Å². The van der Waals surface area contributed by atoms with E-state index in [2.05, 4.69) is 17.2 Å². The van der Waals surface area contributed by atoms with E-state index in [1.165, 1.54) is 11.3 Å². The Balaban J connectivity index is 0.00000324. The molecular weight excluding hydrogens is 286 g/mol. The third-order valence-corrected chi connectivity index (χ3v) is 3.44. The molecule has 0 aliphatic heterocycles. The van der Waals surface area contributed by atoms with E-state index in [1.807, 2.05) is 0 Å². The van der Waals surface area contributed by atoms with Gasteiger partial charge in [0.2, 0.25) is 0 Å². The summed E-state index contributed by atoms with van der Waals surface area (Å²) >= 11 is 1.41. The number of carbonyl (C=O) groups is 1. The zero-order chi connectivity index (χ0) is 13.4. The van der Waals surface area contributed by atoms with E-state index in [1.54, 1.807) is 12.5 Å². The summed E-state index contributed by atoms with van der Waals surface area (Å²) in [6.07, 6.45) is 3.09. The topological polar surface area (TPSA) is 77.2 Å². The van der Waals surface area contributed by atoms with Crippen LogP contribution in [0.4, 0.5) is 0 Å². The van der Waals surface area contributed by atoms with Gasteiger partial charge in [-0.25, -0.2) is 4.98 Å². The van der Waals surface area contributed by atoms with Crippen LogP contribution in [-0.4, -0.2) is 30.6 Å². The molecule has 1 aromatic rings. The molecule has 1 atom stereocenters. The van der Waals surface area contributed by atoms with Crippen molar-refractivity contribution < 1.29 is 9.53 Å². The molecule has 0 radical (unpaired) electrons. The summed E-state index contributed by atoms with van der Waals surface area (Å²) in [6, 6.07) is 0.0467. The van der Waals surface area contributed by atoms with E-state index < -0.39 is 0 Å². The Morgan fingerprint density at radius 1 is 1.63 bits per heavy atom. The zero-order valence-corrected chi connectivity index (χ0v) is 13.0. The summed E-state index contributed by atoms with van der Waals surface area (Å²) in [5, 5.41) is 5.46. The Kier molecular flexibility index (Phi) is 9.77. The standard InChI is InChI=1S/C12H21N3O2S.ClH/c1-3-4-5-9(7-17-2)14-12(16)10-8-18-11(6-13)15-10;/h8-9H,3-7,13H2,1-2H3,(H,14,16);1H. The van der Waals surface area contributed by atoms with Crippen molar-refractivity contribution in [1.29, 1.82) is 0 Å². The fourth-order valence-electron chi connectivity index (χ4n) is 1.62. The third kappa shape index (κ3) is 6.33. The highest BCUT2D eigenvalue weighted by atomic mass is 35.5. The van der Waals surface area contributed by atoms with Crippen LogP contribution >= 0.6 is 23.7 Å². The Morgan fingerprint density at radius 3 is 2.89 bits per heavy atom. The van der Waals surface area contributed by atoms with Crippen molar-refractivity contribution in [1.82, 2.24) is 10.3 Å². The van der Waals surface area contributed by atoms with Crippen LogP contribution < -0.4 is 11.1 Å². The Morgan fingerprint density at radius 2 is 2.37 bits per heavy atom. The number of rotatable bonds is 8. The van der Waals surface area contributed by atoms with Crippen molar-refractivity contribution in [2.45, 2.75) is 38.8 Å². The monoisotopic (exact) mass is 307 g/mol. The first-order chi connectivity index (χ1) is 8.71. The van der Waals surface area contributed by atoms with Gasteiger partial charge in [0.25, 0.3) is 5.91 Å². The van der Waals surface area contributed by atoms with Gasteiger partial charge in [-0.15, -0.1) is 23.7 Å². The van der Waals surface area contributed by atoms with Crippen LogP contribution in [0.25, 0.3) is 0 Å². The summed E-state index contributed by atoms with van der Waals surface area (Å²) in [7, 11) is 1.64. The van der Waals surface area contributed by atoms with Gasteiger partial charge in [0.1, 0.15) is 10.7 Å². The highest BCUT2D eigenvalue weighted by Gasteiger charge is 2.15. The molecule has 7 heteroatoms. The van der Waals surface area contributed by atoms with Crippen molar-refractivity contribution >= 4 is 29.7 Å². The number of hydrogen-bond acceptors (Lipinski definition) is 5. The molecule has 0 saturated heterocycles. The van der Waals surface area contributed by atoms with Crippen LogP contribution in [-0.2, 0) is 11.3 Å². The van der Waals surface area contributed by atoms with Crippen molar-refractivity contribution in [2.24, 2.45) is 5.73 Å². The number of hydrogen-bond donors (Lipinski definition) is 2. The van der Waals surface area contributed by atoms with Gasteiger partial charge in [0, 0.05) is 19.0 Å². The third-order valence-electron chi connectivity index (χ3n) is 2.57. The predicted octanol–water partition coefficient (Wildman–Crippen LogP) is 1.96. The SMILES string of the molecule is CCCCC(COC)NC(=O)c1csc(CN)n1.Cl. The summed E-state index contributed by atoms with van der Waals surface area (Å²) in [5.74, 6) is -0.149. The first-order valence-corrected chi connectivity index (χ1v) is 7.03. The molecule has 1 aromatic heterocycles. The molecule has 0 spiro atoms. The fourth-order valence-corrected chi connectivity index (χ4v) is 2.27. The van der Waals surface area contributed by atoms with Crippen molar-refractivity contribution in [3.8, 4) is 0 Å². The number of unbranched alkanes of at least 4 members (excludes halogenated alkanes) is 1. The van der Waals surface area contributed by atoms with E-state index >= 15 is 0 Å². The molecule has 0 aliphatic carbocycles. The smallest absolute Gasteiger partial charge is 0.271 e. The summed E-state index contributed by atoms with van der Waals surface area (Å²) in [5.41, 5.74) is 5.92. The minimum atomic E-state index is -0.149. The molecule has 110 valence electrons. The summed E-state index contributed by atoms with van der Waals surface area (Å²) < 4.78 is 5.11. The number of thiazole rings is 1. The number of methoxy groups -OCH3 is 1. The van der Waals surface area contributed by atoms with Gasteiger partial charge in [-0.3, -0.25) is 4.79 Å². The zero-order valence-electron chi connectivity index (χ0n) is 11.3. The van der Waals surface area contributed by atoms with Crippen LogP contribution in [0.2, 0.25) is 0 Å². The predicted molar refractivity (Wildman–Crippen MR) is 79.9 cm³/mol. The maximum Gasteiger partial charge on any atom is 0.271 e. The maximum absolute atomic E-state index is 12.0. The molecule has 0 saturated carbocycles. The number of aromatic nitrogens is 1. The van der Waals surface area contributed by atoms with Crippen LogP contribution in [0.15, 0.2) is 5.38 Å². The first-order valence-electron chi connectivity index (χ1n) is 6.15. The normalized spacial score (nSPS) is 11.7. The van der Waals surface area contributed by atoms with E-state index in [4.69, 9.17) is 10.5 Å². The number of carbonyl (C=O) groups excluding carboxylic acids is 1. The van der Waals surface area contributed by atoms with Crippen molar-refractivity contribution in [2.75, 3.05) is 13.7 Å². The van der Waals surface area contributed by atoms with E-state index in [0.29, 0.717) is 18.8 Å². The highest BCUT2D eigenvalue weighted by Crippen LogP contribution is 2.09. The van der Waals surface area contributed by atoms with Crippen molar-refractivity contribution in [3.63, 3.8) is 0 Å². The van der Waals surface area contributed by atoms with Gasteiger partial charge in [-0.05, 0) is 6.42 Å². The second-order valence-electron chi connectivity index (χ2n) is 4.10. The van der Waals surface area contributed by atoms with Gasteiger partial charge < -0.3 is 15.8 Å². The summed E-state index contributed by atoms with van der Waals surface area (Å²) in [6.45, 7) is 3.02. The van der Waals surface area contributed by atoms with Gasteiger partial charge in [0.05, 0.1) is 12.6 Å². The van der Waals surface area contributed by atoms with Gasteiger partial charge in [0.15, 0.2) is 0 Å². The highest BCUT2D eigenvalue weighted by molar-refractivity contribution is 7.09. The van der Waals surface area contributed by atoms with Crippen LogP contribution in [0, 0.1) is 0 Å². The van der Waals surface area contributed by atoms with Gasteiger partial charge in [-0.2, -0.15) is 0 Å². The molecule has 0 aliphatic rings. The second kappa shape index (κ2) is 10.1. The minimum absolute atomic E-state index is 0. The number of amides is 1. The van der Waals surface area contributed by atoms with E-state index in [-0.39, 0.29) is 24.4 Å². The van der Waals surface area contributed by atoms with Gasteiger partial charge >= 0.3 is 0 Å². The molecule has 5 nitrogen and oxygen atoms in total. The molecule has 0 aromatic carbocycles. The van der Waals surface area contributed by atoms with E-state index in [0.717, 1.165) is 24.3 Å². The average molecular weight is 308 g/mol. The molecule has 1 amide bonds. The molecule has 0 bridgehead atoms. The lowest BCUT2D eigenvalue weighted by Gasteiger charge is -2.16. The van der Waals surface area contributed by atoms with E-state index in [9.17, 15) is 4.79 Å². The molecular formula is C12H22ClN3O2S.